The summed E-state index contributed by atoms with van der Waals surface area (Å²) >= 11 is 0. The van der Waals surface area contributed by atoms with Crippen LogP contribution in [0.3, 0.4) is 0 Å². The van der Waals surface area contributed by atoms with Crippen LogP contribution in [0.4, 0.5) is 4.39 Å². The van der Waals surface area contributed by atoms with E-state index in [9.17, 15) is 9.18 Å². The van der Waals surface area contributed by atoms with E-state index in [1.54, 1.807) is 6.07 Å². The fourth-order valence-corrected chi connectivity index (χ4v) is 3.02. The van der Waals surface area contributed by atoms with Gasteiger partial charge in [-0.2, -0.15) is 0 Å². The van der Waals surface area contributed by atoms with Crippen LogP contribution in [0.1, 0.15) is 30.0 Å². The molecule has 0 fully saturated rings. The Morgan fingerprint density at radius 3 is 2.45 bits per heavy atom. The number of carboxylic acids is 1. The first-order valence-corrected chi connectivity index (χ1v) is 10.0. The molecular formula is C25H25FN2O3. The molecule has 160 valence electrons. The third-order valence-corrected chi connectivity index (χ3v) is 4.80. The van der Waals surface area contributed by atoms with Crippen molar-refractivity contribution in [3.63, 3.8) is 0 Å². The Balaban J connectivity index is 1.53. The Bertz CT molecular complexity index is 1030. The SMILES string of the molecule is CC(=NOCc1ccc(-c2ccccc2)cc1F)c1ccc(CNCCC(=O)O)cc1. The maximum absolute atomic E-state index is 14.4. The van der Waals surface area contributed by atoms with Crippen LogP contribution >= 0.6 is 0 Å². The van der Waals surface area contributed by atoms with Gasteiger partial charge in [-0.15, -0.1) is 0 Å². The number of halogens is 1. The van der Waals surface area contributed by atoms with E-state index in [0.717, 1.165) is 22.3 Å². The smallest absolute Gasteiger partial charge is 0.304 e. The summed E-state index contributed by atoms with van der Waals surface area (Å²) in [5.74, 6) is -1.14. The highest BCUT2D eigenvalue weighted by Crippen LogP contribution is 2.22. The van der Waals surface area contributed by atoms with Crippen LogP contribution in [0, 0.1) is 5.82 Å². The quantitative estimate of drug-likeness (QED) is 0.275. The van der Waals surface area contributed by atoms with Gasteiger partial charge in [0.05, 0.1) is 12.1 Å². The molecule has 0 bridgehead atoms. The maximum atomic E-state index is 14.4. The van der Waals surface area contributed by atoms with Gasteiger partial charge in [-0.25, -0.2) is 4.39 Å². The van der Waals surface area contributed by atoms with Gasteiger partial charge in [-0.05, 0) is 35.2 Å². The summed E-state index contributed by atoms with van der Waals surface area (Å²) < 4.78 is 14.4. The first-order chi connectivity index (χ1) is 15.0. The molecule has 2 N–H and O–H groups in total. The lowest BCUT2D eigenvalue weighted by Gasteiger charge is -2.07. The summed E-state index contributed by atoms with van der Waals surface area (Å²) in [6.07, 6.45) is 0.0940. The van der Waals surface area contributed by atoms with Crippen molar-refractivity contribution in [3.05, 3.63) is 95.3 Å². The third-order valence-electron chi connectivity index (χ3n) is 4.80. The van der Waals surface area contributed by atoms with Crippen molar-refractivity contribution in [2.24, 2.45) is 5.16 Å². The van der Waals surface area contributed by atoms with Gasteiger partial charge < -0.3 is 15.3 Å². The molecule has 3 aromatic rings. The first-order valence-electron chi connectivity index (χ1n) is 10.0. The van der Waals surface area contributed by atoms with Crippen LogP contribution in [-0.2, 0) is 22.8 Å². The number of oxime groups is 1. The van der Waals surface area contributed by atoms with Crippen molar-refractivity contribution in [2.45, 2.75) is 26.5 Å². The van der Waals surface area contributed by atoms with Crippen LogP contribution in [-0.4, -0.2) is 23.3 Å². The summed E-state index contributed by atoms with van der Waals surface area (Å²) in [5.41, 5.74) is 4.85. The zero-order chi connectivity index (χ0) is 22.1. The number of hydrogen-bond donors (Lipinski definition) is 2. The molecule has 31 heavy (non-hydrogen) atoms. The third kappa shape index (κ3) is 6.76. The Hall–Kier alpha value is -3.51. The van der Waals surface area contributed by atoms with Crippen LogP contribution in [0.5, 0.6) is 0 Å². The summed E-state index contributed by atoms with van der Waals surface area (Å²) in [4.78, 5) is 15.9. The molecule has 0 saturated heterocycles. The molecule has 0 unspecified atom stereocenters. The normalized spacial score (nSPS) is 11.4. The number of carboxylic acid groups (broad SMARTS) is 1. The molecule has 0 aliphatic heterocycles. The van der Waals surface area contributed by atoms with Gasteiger partial charge >= 0.3 is 5.97 Å². The molecule has 3 rings (SSSR count). The van der Waals surface area contributed by atoms with Crippen molar-refractivity contribution in [3.8, 4) is 11.1 Å². The van der Waals surface area contributed by atoms with Crippen LogP contribution in [0.25, 0.3) is 11.1 Å². The number of nitrogens with one attached hydrogen (secondary N) is 1. The minimum Gasteiger partial charge on any atom is -0.481 e. The van der Waals surface area contributed by atoms with E-state index in [4.69, 9.17) is 9.94 Å². The molecule has 0 aliphatic rings. The van der Waals surface area contributed by atoms with E-state index in [2.05, 4.69) is 10.5 Å². The molecule has 0 aromatic heterocycles. The van der Waals surface area contributed by atoms with E-state index >= 15 is 0 Å². The van der Waals surface area contributed by atoms with Gasteiger partial charge in [-0.1, -0.05) is 71.9 Å². The molecule has 3 aromatic carbocycles. The zero-order valence-electron chi connectivity index (χ0n) is 17.3. The molecule has 6 heteroatoms. The molecular weight excluding hydrogens is 395 g/mol. The van der Waals surface area contributed by atoms with Crippen LogP contribution < -0.4 is 5.32 Å². The van der Waals surface area contributed by atoms with Crippen molar-refractivity contribution < 1.29 is 19.1 Å². The lowest BCUT2D eigenvalue weighted by Crippen LogP contribution is -2.17. The highest BCUT2D eigenvalue weighted by Gasteiger charge is 2.06. The topological polar surface area (TPSA) is 70.9 Å². The maximum Gasteiger partial charge on any atom is 0.304 e. The first kappa shape index (κ1) is 22.2. The molecule has 0 radical (unpaired) electrons. The van der Waals surface area contributed by atoms with E-state index in [-0.39, 0.29) is 18.8 Å². The Morgan fingerprint density at radius 2 is 1.77 bits per heavy atom. The summed E-state index contributed by atoms with van der Waals surface area (Å²) in [5, 5.41) is 15.8. The molecule has 0 heterocycles. The highest BCUT2D eigenvalue weighted by molar-refractivity contribution is 5.98. The summed E-state index contributed by atoms with van der Waals surface area (Å²) in [6, 6.07) is 22.5. The van der Waals surface area contributed by atoms with Crippen molar-refractivity contribution in [1.29, 1.82) is 0 Å². The standard InChI is InChI=1S/C25H25FN2O3/c1-18(20-9-7-19(8-10-20)16-27-14-13-25(29)30)28-31-17-23-12-11-22(15-24(23)26)21-5-3-2-4-6-21/h2-12,15,27H,13-14,16-17H2,1H3,(H,29,30). The molecule has 0 spiro atoms. The van der Waals surface area contributed by atoms with Crippen LogP contribution in [0.2, 0.25) is 0 Å². The Labute approximate surface area is 181 Å². The van der Waals surface area contributed by atoms with Crippen LogP contribution in [0.15, 0.2) is 78.0 Å². The van der Waals surface area contributed by atoms with Gasteiger partial charge in [0.15, 0.2) is 0 Å². The molecule has 0 atom stereocenters. The van der Waals surface area contributed by atoms with E-state index in [1.807, 2.05) is 67.6 Å². The highest BCUT2D eigenvalue weighted by atomic mass is 19.1. The van der Waals surface area contributed by atoms with E-state index < -0.39 is 5.97 Å². The predicted octanol–water partition coefficient (Wildman–Crippen LogP) is 5.00. The van der Waals surface area contributed by atoms with Gasteiger partial charge in [0.1, 0.15) is 12.4 Å². The second kappa shape index (κ2) is 11.0. The van der Waals surface area contributed by atoms with Gasteiger partial charge in [0, 0.05) is 18.7 Å². The van der Waals surface area contributed by atoms with Gasteiger partial charge in [-0.3, -0.25) is 4.79 Å². The number of hydrogen-bond acceptors (Lipinski definition) is 4. The minimum absolute atomic E-state index is 0.0455. The Morgan fingerprint density at radius 1 is 1.03 bits per heavy atom. The monoisotopic (exact) mass is 420 g/mol. The lowest BCUT2D eigenvalue weighted by atomic mass is 10.0. The second-order valence-electron chi connectivity index (χ2n) is 7.14. The molecule has 0 aliphatic carbocycles. The lowest BCUT2D eigenvalue weighted by molar-refractivity contribution is -0.136. The average molecular weight is 420 g/mol. The fourth-order valence-electron chi connectivity index (χ4n) is 3.02. The summed E-state index contributed by atoms with van der Waals surface area (Å²) in [6.45, 7) is 2.89. The number of rotatable bonds is 10. The van der Waals surface area contributed by atoms with Crippen molar-refractivity contribution in [1.82, 2.24) is 5.32 Å². The van der Waals surface area contributed by atoms with E-state index in [0.29, 0.717) is 24.4 Å². The predicted molar refractivity (Wildman–Crippen MR) is 119 cm³/mol. The number of carbonyl (C=O) groups is 1. The second-order valence-corrected chi connectivity index (χ2v) is 7.14. The van der Waals surface area contributed by atoms with Crippen molar-refractivity contribution in [2.75, 3.05) is 6.54 Å². The summed E-state index contributed by atoms with van der Waals surface area (Å²) in [7, 11) is 0. The number of nitrogens with zero attached hydrogens (tertiary/aromatic N) is 1. The fraction of sp³-hybridized carbons (Fsp3) is 0.200. The molecule has 5 nitrogen and oxygen atoms in total. The Kier molecular flexibility index (Phi) is 7.90. The number of aliphatic carboxylic acids is 1. The van der Waals surface area contributed by atoms with Gasteiger partial charge in [0.2, 0.25) is 0 Å². The average Bonchev–Trinajstić information content (AvgIpc) is 2.78. The minimum atomic E-state index is -0.818. The van der Waals surface area contributed by atoms with E-state index in [1.165, 1.54) is 6.07 Å². The van der Waals surface area contributed by atoms with Gasteiger partial charge in [0.25, 0.3) is 0 Å². The molecule has 0 amide bonds. The zero-order valence-corrected chi connectivity index (χ0v) is 17.3. The molecule has 0 saturated carbocycles. The number of benzene rings is 3. The largest absolute Gasteiger partial charge is 0.481 e. The van der Waals surface area contributed by atoms with Crippen molar-refractivity contribution >= 4 is 11.7 Å².